The van der Waals surface area contributed by atoms with Gasteiger partial charge in [0.1, 0.15) is 10.6 Å². The molecule has 3 aromatic rings. The number of nitrogens with two attached hydrogens (primary N) is 2. The predicted octanol–water partition coefficient (Wildman–Crippen LogP) is 4.29. The van der Waals surface area contributed by atoms with Gasteiger partial charge in [-0.25, -0.2) is 0 Å². The van der Waals surface area contributed by atoms with E-state index < -0.39 is 20.8 Å². The number of rotatable bonds is 4. The van der Waals surface area contributed by atoms with E-state index in [-0.39, 0.29) is 5.69 Å². The predicted molar refractivity (Wildman–Crippen MR) is 114 cm³/mol. The quantitative estimate of drug-likeness (QED) is 0.293. The summed E-state index contributed by atoms with van der Waals surface area (Å²) in [6.07, 6.45) is 3.83. The van der Waals surface area contributed by atoms with Crippen LogP contribution in [0.15, 0.2) is 53.4 Å². The van der Waals surface area contributed by atoms with Crippen molar-refractivity contribution in [1.29, 1.82) is 0 Å². The Hall–Kier alpha value is -2.77. The number of phenols is 1. The Morgan fingerprint density at radius 1 is 1.00 bits per heavy atom. The summed E-state index contributed by atoms with van der Waals surface area (Å²) in [5.41, 5.74) is 13.8. The van der Waals surface area contributed by atoms with Crippen LogP contribution in [0.1, 0.15) is 30.9 Å². The zero-order valence-electron chi connectivity index (χ0n) is 16.0. The average Bonchev–Trinajstić information content (AvgIpc) is 2.63. The Balaban J connectivity index is 0.000000221. The molecular formula is C21H26N2O4S. The lowest BCUT2D eigenvalue weighted by molar-refractivity contribution is 0.473. The van der Waals surface area contributed by atoms with Crippen molar-refractivity contribution in [2.45, 2.75) is 38.0 Å². The van der Waals surface area contributed by atoms with E-state index in [2.05, 4.69) is 38.1 Å². The number of aryl methyl sites for hydroxylation is 2. The van der Waals surface area contributed by atoms with Crippen LogP contribution in [-0.4, -0.2) is 18.1 Å². The number of phenolic OH excluding ortho intramolecular Hbond substituents is 1. The molecule has 0 aliphatic heterocycles. The topological polar surface area (TPSA) is 127 Å². The van der Waals surface area contributed by atoms with Gasteiger partial charge in [0.15, 0.2) is 0 Å². The molecule has 0 aliphatic carbocycles. The van der Waals surface area contributed by atoms with Crippen molar-refractivity contribution in [3.05, 3.63) is 59.7 Å². The van der Waals surface area contributed by atoms with Gasteiger partial charge in [0.25, 0.3) is 10.1 Å². The Labute approximate surface area is 165 Å². The number of aromatic hydroxyl groups is 1. The second kappa shape index (κ2) is 8.95. The van der Waals surface area contributed by atoms with Crippen molar-refractivity contribution >= 4 is 32.3 Å². The molecule has 0 heterocycles. The molecule has 0 amide bonds. The highest BCUT2D eigenvalue weighted by Crippen LogP contribution is 2.36. The van der Waals surface area contributed by atoms with Crippen LogP contribution in [0, 0.1) is 6.92 Å². The van der Waals surface area contributed by atoms with Gasteiger partial charge in [-0.3, -0.25) is 4.55 Å². The third-order valence-corrected chi connectivity index (χ3v) is 5.25. The number of unbranched alkanes of at least 4 members (excludes halogenated alkanes) is 1. The zero-order chi connectivity index (χ0) is 20.9. The maximum atomic E-state index is 11.1. The molecule has 0 fully saturated rings. The van der Waals surface area contributed by atoms with Crippen LogP contribution in [0.2, 0.25) is 0 Å². The van der Waals surface area contributed by atoms with Crippen LogP contribution >= 0.6 is 0 Å². The van der Waals surface area contributed by atoms with Gasteiger partial charge >= 0.3 is 0 Å². The molecule has 0 aliphatic rings. The fourth-order valence-corrected chi connectivity index (χ4v) is 3.40. The number of nitrogen functional groups attached to an aromatic ring is 2. The van der Waals surface area contributed by atoms with Gasteiger partial charge in [0.2, 0.25) is 0 Å². The van der Waals surface area contributed by atoms with Crippen molar-refractivity contribution in [2.24, 2.45) is 0 Å². The number of benzene rings is 3. The van der Waals surface area contributed by atoms with E-state index in [4.69, 9.17) is 16.0 Å². The number of hydrogen-bond acceptors (Lipinski definition) is 5. The molecular weight excluding hydrogens is 376 g/mol. The monoisotopic (exact) mass is 402 g/mol. The van der Waals surface area contributed by atoms with E-state index in [0.29, 0.717) is 16.5 Å². The molecule has 6 nitrogen and oxygen atoms in total. The van der Waals surface area contributed by atoms with Crippen molar-refractivity contribution in [1.82, 2.24) is 0 Å². The summed E-state index contributed by atoms with van der Waals surface area (Å²) in [4.78, 5) is -0.534. The van der Waals surface area contributed by atoms with Crippen LogP contribution in [0.4, 0.5) is 11.4 Å². The van der Waals surface area contributed by atoms with Crippen LogP contribution in [0.5, 0.6) is 5.75 Å². The average molecular weight is 403 g/mol. The van der Waals surface area contributed by atoms with Gasteiger partial charge < -0.3 is 16.6 Å². The lowest BCUT2D eigenvalue weighted by Gasteiger charge is -2.09. The first kappa shape index (κ1) is 21.5. The van der Waals surface area contributed by atoms with Crippen LogP contribution in [0.25, 0.3) is 10.8 Å². The maximum absolute atomic E-state index is 11.1. The normalized spacial score (nSPS) is 11.1. The third-order valence-electron chi connectivity index (χ3n) is 4.36. The Bertz CT molecular complexity index is 1060. The molecule has 0 aromatic heterocycles. The largest absolute Gasteiger partial charge is 0.505 e. The van der Waals surface area contributed by atoms with Gasteiger partial charge in [-0.05, 0) is 55.0 Å². The minimum atomic E-state index is -4.49. The van der Waals surface area contributed by atoms with Crippen molar-refractivity contribution in [3.63, 3.8) is 0 Å². The second-order valence-electron chi connectivity index (χ2n) is 6.68. The summed E-state index contributed by atoms with van der Waals surface area (Å²) in [7, 11) is -4.49. The van der Waals surface area contributed by atoms with E-state index in [1.54, 1.807) is 6.07 Å². The lowest BCUT2D eigenvalue weighted by Crippen LogP contribution is -2.03. The van der Waals surface area contributed by atoms with Gasteiger partial charge in [-0.15, -0.1) is 0 Å². The molecule has 0 radical (unpaired) electrons. The van der Waals surface area contributed by atoms with Crippen molar-refractivity contribution in [3.8, 4) is 5.75 Å². The molecule has 28 heavy (non-hydrogen) atoms. The SMILES string of the molecule is CCCCc1ccc(C)cc1.Nc1ccc2c(O)c(N)c(S(=O)(=O)O)cc2c1. The fourth-order valence-electron chi connectivity index (χ4n) is 2.75. The van der Waals surface area contributed by atoms with Crippen LogP contribution in [0.3, 0.4) is 0 Å². The maximum Gasteiger partial charge on any atom is 0.296 e. The molecule has 150 valence electrons. The Kier molecular flexibility index (Phi) is 6.88. The molecule has 6 N–H and O–H groups in total. The van der Waals surface area contributed by atoms with E-state index in [0.717, 1.165) is 6.07 Å². The smallest absolute Gasteiger partial charge is 0.296 e. The number of anilines is 2. The van der Waals surface area contributed by atoms with Gasteiger partial charge in [0.05, 0.1) is 5.69 Å². The fraction of sp³-hybridized carbons (Fsp3) is 0.238. The number of fused-ring (bicyclic) bond motifs is 1. The highest BCUT2D eigenvalue weighted by atomic mass is 32.2. The summed E-state index contributed by atoms with van der Waals surface area (Å²) in [6.45, 7) is 4.36. The highest BCUT2D eigenvalue weighted by molar-refractivity contribution is 7.86. The zero-order valence-corrected chi connectivity index (χ0v) is 16.8. The molecule has 0 saturated heterocycles. The van der Waals surface area contributed by atoms with Gasteiger partial charge in [-0.1, -0.05) is 43.2 Å². The summed E-state index contributed by atoms with van der Waals surface area (Å²) in [6, 6.07) is 14.5. The van der Waals surface area contributed by atoms with E-state index in [1.807, 2.05) is 0 Å². The van der Waals surface area contributed by atoms with Gasteiger partial charge in [0, 0.05) is 11.1 Å². The molecule has 0 unspecified atom stereocenters. The molecule has 3 aromatic carbocycles. The summed E-state index contributed by atoms with van der Waals surface area (Å²) < 4.78 is 31.1. The van der Waals surface area contributed by atoms with Crippen molar-refractivity contribution < 1.29 is 18.1 Å². The minimum absolute atomic E-state index is 0.365. The van der Waals surface area contributed by atoms with Gasteiger partial charge in [-0.2, -0.15) is 8.42 Å². The van der Waals surface area contributed by atoms with E-state index >= 15 is 0 Å². The first-order chi connectivity index (χ1) is 13.1. The first-order valence-corrected chi connectivity index (χ1v) is 10.4. The molecule has 3 rings (SSSR count). The summed E-state index contributed by atoms with van der Waals surface area (Å²) in [5.74, 6) is -0.393. The molecule has 0 atom stereocenters. The van der Waals surface area contributed by atoms with Crippen molar-refractivity contribution in [2.75, 3.05) is 11.5 Å². The highest BCUT2D eigenvalue weighted by Gasteiger charge is 2.19. The van der Waals surface area contributed by atoms with Crippen LogP contribution < -0.4 is 11.5 Å². The molecule has 0 spiro atoms. The third kappa shape index (κ3) is 5.37. The second-order valence-corrected chi connectivity index (χ2v) is 8.07. The molecule has 0 saturated carbocycles. The minimum Gasteiger partial charge on any atom is -0.505 e. The first-order valence-electron chi connectivity index (χ1n) is 8.97. The molecule has 0 bridgehead atoms. The molecule has 7 heteroatoms. The Morgan fingerprint density at radius 3 is 2.21 bits per heavy atom. The standard InChI is InChI=1S/C11H16.C10H10N2O4S/c1-3-4-5-11-8-6-10(2)7-9-11;11-6-1-2-7-5(3-6)4-8(17(14,15)16)9(12)10(7)13/h6-9H,3-5H2,1-2H3;1-4,13H,11-12H2,(H,14,15,16). The Morgan fingerprint density at radius 2 is 1.64 bits per heavy atom. The number of hydrogen-bond donors (Lipinski definition) is 4. The van der Waals surface area contributed by atoms with Crippen LogP contribution in [-0.2, 0) is 16.5 Å². The van der Waals surface area contributed by atoms with E-state index in [1.165, 1.54) is 42.5 Å². The summed E-state index contributed by atoms with van der Waals surface area (Å²) >= 11 is 0. The summed E-state index contributed by atoms with van der Waals surface area (Å²) in [5, 5.41) is 10.5. The lowest BCUT2D eigenvalue weighted by atomic mass is 10.1. The van der Waals surface area contributed by atoms with E-state index in [9.17, 15) is 13.5 Å².